The minimum Gasteiger partial charge on any atom is -0.133 e. The Kier molecular flexibility index (Phi) is 7.49. The third-order valence-corrected chi connectivity index (χ3v) is 2.83. The summed E-state index contributed by atoms with van der Waals surface area (Å²) in [6, 6.07) is 0. The summed E-state index contributed by atoms with van der Waals surface area (Å²) in [6.07, 6.45) is 7.33. The summed E-state index contributed by atoms with van der Waals surface area (Å²) >= 11 is 0. The van der Waals surface area contributed by atoms with E-state index in [1.54, 1.807) is 12.2 Å². The van der Waals surface area contributed by atoms with Gasteiger partial charge in [-0.25, -0.2) is 0 Å². The normalized spacial score (nSPS) is 12.3. The predicted molar refractivity (Wildman–Crippen MR) is 62.8 cm³/mol. The van der Waals surface area contributed by atoms with E-state index in [2.05, 4.69) is 20.1 Å². The molecule has 0 saturated heterocycles. The van der Waals surface area contributed by atoms with Crippen molar-refractivity contribution in [1.82, 2.24) is 0 Å². The van der Waals surface area contributed by atoms with Gasteiger partial charge in [0.15, 0.2) is 0 Å². The number of rotatable bonds is 9. The molecule has 0 spiro atoms. The Morgan fingerprint density at radius 3 is 2.27 bits per heavy atom. The Morgan fingerprint density at radius 1 is 1.40 bits per heavy atom. The van der Waals surface area contributed by atoms with Crippen LogP contribution in [0.3, 0.4) is 0 Å². The SMILES string of the molecule is C=CCC(CC=C)(CCCC)O[P+](=O)O. The first-order valence-corrected chi connectivity index (χ1v) is 6.30. The Hall–Kier alpha value is -0.500. The van der Waals surface area contributed by atoms with Crippen LogP contribution < -0.4 is 0 Å². The Bertz CT molecular complexity index is 216. The third-order valence-electron chi connectivity index (χ3n) is 2.29. The van der Waals surface area contributed by atoms with Gasteiger partial charge in [0.1, 0.15) is 5.60 Å². The van der Waals surface area contributed by atoms with Crippen LogP contribution in [0.15, 0.2) is 25.3 Å². The lowest BCUT2D eigenvalue weighted by molar-refractivity contribution is 0.0592. The van der Waals surface area contributed by atoms with Crippen LogP contribution in [0.2, 0.25) is 0 Å². The fourth-order valence-electron chi connectivity index (χ4n) is 1.60. The van der Waals surface area contributed by atoms with Crippen LogP contribution in [0.1, 0.15) is 39.0 Å². The summed E-state index contributed by atoms with van der Waals surface area (Å²) in [5.41, 5.74) is -0.596. The van der Waals surface area contributed by atoms with Crippen LogP contribution in [-0.4, -0.2) is 10.5 Å². The summed E-state index contributed by atoms with van der Waals surface area (Å²) in [5.74, 6) is 0. The molecule has 4 heteroatoms. The van der Waals surface area contributed by atoms with Gasteiger partial charge in [-0.3, -0.25) is 0 Å². The van der Waals surface area contributed by atoms with Gasteiger partial charge >= 0.3 is 8.25 Å². The van der Waals surface area contributed by atoms with Crippen LogP contribution >= 0.6 is 8.25 Å². The van der Waals surface area contributed by atoms with Crippen molar-refractivity contribution < 1.29 is 14.0 Å². The standard InChI is InChI=1S/C11H19O3P/c1-4-7-10-11(8-5-2,9-6-3)14-15(12)13/h5-6H,2-4,7-10H2,1H3/p+1. The minimum atomic E-state index is -2.57. The van der Waals surface area contributed by atoms with Crippen molar-refractivity contribution in [3.8, 4) is 0 Å². The molecule has 0 saturated carbocycles. The lowest BCUT2D eigenvalue weighted by atomic mass is 9.90. The van der Waals surface area contributed by atoms with E-state index in [0.29, 0.717) is 12.8 Å². The van der Waals surface area contributed by atoms with E-state index in [-0.39, 0.29) is 0 Å². The molecule has 3 nitrogen and oxygen atoms in total. The molecular formula is C11H20O3P+. The van der Waals surface area contributed by atoms with Crippen LogP contribution in [0, 0.1) is 0 Å². The fourth-order valence-corrected chi connectivity index (χ4v) is 2.17. The van der Waals surface area contributed by atoms with Crippen molar-refractivity contribution in [1.29, 1.82) is 0 Å². The molecule has 0 amide bonds. The molecule has 1 N–H and O–H groups in total. The fraction of sp³-hybridized carbons (Fsp3) is 0.636. The number of hydrogen-bond donors (Lipinski definition) is 1. The van der Waals surface area contributed by atoms with Gasteiger partial charge in [0.05, 0.1) is 0 Å². The van der Waals surface area contributed by atoms with Gasteiger partial charge < -0.3 is 0 Å². The molecule has 0 aliphatic rings. The van der Waals surface area contributed by atoms with Crippen molar-refractivity contribution in [3.05, 3.63) is 25.3 Å². The van der Waals surface area contributed by atoms with E-state index in [1.807, 2.05) is 0 Å². The Morgan fingerprint density at radius 2 is 1.93 bits per heavy atom. The summed E-state index contributed by atoms with van der Waals surface area (Å²) in [6.45, 7) is 9.38. The zero-order valence-corrected chi connectivity index (χ0v) is 10.2. The van der Waals surface area contributed by atoms with Gasteiger partial charge in [-0.15, -0.1) is 22.6 Å². The molecule has 15 heavy (non-hydrogen) atoms. The molecule has 86 valence electrons. The summed E-state index contributed by atoms with van der Waals surface area (Å²) in [5, 5.41) is 0. The van der Waals surface area contributed by atoms with E-state index < -0.39 is 13.9 Å². The molecule has 1 unspecified atom stereocenters. The molecule has 0 fully saturated rings. The number of hydrogen-bond acceptors (Lipinski definition) is 2. The van der Waals surface area contributed by atoms with E-state index in [0.717, 1.165) is 19.3 Å². The quantitative estimate of drug-likeness (QED) is 0.485. The highest BCUT2D eigenvalue weighted by atomic mass is 31.1. The molecule has 0 aromatic carbocycles. The largest absolute Gasteiger partial charge is 0.695 e. The second-order valence-corrected chi connectivity index (χ2v) is 4.26. The minimum absolute atomic E-state index is 0.570. The first-order valence-electron chi connectivity index (χ1n) is 5.17. The zero-order chi connectivity index (χ0) is 11.7. The predicted octanol–water partition coefficient (Wildman–Crippen LogP) is 3.73. The maximum Gasteiger partial charge on any atom is 0.695 e. The molecule has 1 atom stereocenters. The third kappa shape index (κ3) is 5.83. The lowest BCUT2D eigenvalue weighted by Crippen LogP contribution is -2.29. The summed E-state index contributed by atoms with van der Waals surface area (Å²) in [7, 11) is -2.57. The molecule has 0 aromatic rings. The number of unbranched alkanes of at least 4 members (excludes halogenated alkanes) is 1. The topological polar surface area (TPSA) is 46.5 Å². The lowest BCUT2D eigenvalue weighted by Gasteiger charge is -2.24. The smallest absolute Gasteiger partial charge is 0.133 e. The summed E-state index contributed by atoms with van der Waals surface area (Å²) < 4.78 is 15.9. The van der Waals surface area contributed by atoms with Crippen molar-refractivity contribution >= 4 is 8.25 Å². The van der Waals surface area contributed by atoms with E-state index in [9.17, 15) is 4.57 Å². The van der Waals surface area contributed by atoms with Gasteiger partial charge in [0.2, 0.25) is 0 Å². The molecular weight excluding hydrogens is 211 g/mol. The Labute approximate surface area is 92.8 Å². The average molecular weight is 231 g/mol. The van der Waals surface area contributed by atoms with E-state index in [4.69, 9.17) is 9.42 Å². The van der Waals surface area contributed by atoms with Crippen molar-refractivity contribution in [3.63, 3.8) is 0 Å². The van der Waals surface area contributed by atoms with Gasteiger partial charge in [-0.2, -0.15) is 0 Å². The Balaban J connectivity index is 4.60. The molecule has 0 aliphatic carbocycles. The van der Waals surface area contributed by atoms with E-state index in [1.165, 1.54) is 0 Å². The van der Waals surface area contributed by atoms with Crippen molar-refractivity contribution in [2.24, 2.45) is 0 Å². The van der Waals surface area contributed by atoms with Crippen molar-refractivity contribution in [2.75, 3.05) is 0 Å². The average Bonchev–Trinajstić information content (AvgIpc) is 2.14. The molecule has 0 aliphatic heterocycles. The van der Waals surface area contributed by atoms with Gasteiger partial charge in [-0.05, 0) is 19.3 Å². The van der Waals surface area contributed by atoms with Crippen LogP contribution in [0.4, 0.5) is 0 Å². The first kappa shape index (κ1) is 14.5. The van der Waals surface area contributed by atoms with Crippen molar-refractivity contribution in [2.45, 2.75) is 44.6 Å². The molecule has 0 bridgehead atoms. The maximum atomic E-state index is 10.8. The van der Waals surface area contributed by atoms with Gasteiger partial charge in [0, 0.05) is 4.57 Å². The second kappa shape index (κ2) is 7.75. The van der Waals surface area contributed by atoms with E-state index >= 15 is 0 Å². The molecule has 0 aromatic heterocycles. The monoisotopic (exact) mass is 231 g/mol. The maximum absolute atomic E-state index is 10.8. The van der Waals surface area contributed by atoms with Gasteiger partial charge in [-0.1, -0.05) is 31.9 Å². The highest BCUT2D eigenvalue weighted by Crippen LogP contribution is 2.36. The molecule has 0 radical (unpaired) electrons. The highest BCUT2D eigenvalue weighted by molar-refractivity contribution is 7.32. The van der Waals surface area contributed by atoms with Crippen LogP contribution in [0.5, 0.6) is 0 Å². The molecule has 0 heterocycles. The molecule has 0 rings (SSSR count). The van der Waals surface area contributed by atoms with Crippen LogP contribution in [0.25, 0.3) is 0 Å². The second-order valence-electron chi connectivity index (χ2n) is 3.60. The highest BCUT2D eigenvalue weighted by Gasteiger charge is 2.37. The first-order chi connectivity index (χ1) is 7.10. The van der Waals surface area contributed by atoms with Gasteiger partial charge in [0.25, 0.3) is 0 Å². The van der Waals surface area contributed by atoms with Crippen LogP contribution in [-0.2, 0) is 9.09 Å². The summed E-state index contributed by atoms with van der Waals surface area (Å²) in [4.78, 5) is 8.86. The zero-order valence-electron chi connectivity index (χ0n) is 9.32.